The standard InChI is InChI=1S/C20H29N3O3/c1-2-4-17-16(13-21-22-17)19(24)23-9-3-8-20(14-26-12-7-18(20)23)15-5-10-25-11-6-15/h5,13,18H,2-4,6-12,14H2,1H3,(H,21,22)/t18-,20-/m0/s1. The first-order chi connectivity index (χ1) is 12.8. The van der Waals surface area contributed by atoms with Crippen LogP contribution in [-0.4, -0.2) is 60.0 Å². The van der Waals surface area contributed by atoms with E-state index >= 15 is 0 Å². The van der Waals surface area contributed by atoms with Crippen molar-refractivity contribution >= 4 is 5.91 Å². The van der Waals surface area contributed by atoms with E-state index in [-0.39, 0.29) is 17.4 Å². The summed E-state index contributed by atoms with van der Waals surface area (Å²) in [6.45, 7) is 5.85. The Morgan fingerprint density at radius 3 is 3.15 bits per heavy atom. The first kappa shape index (κ1) is 17.7. The minimum Gasteiger partial charge on any atom is -0.380 e. The lowest BCUT2D eigenvalue weighted by molar-refractivity contribution is -0.0739. The second-order valence-corrected chi connectivity index (χ2v) is 7.68. The second-order valence-electron chi connectivity index (χ2n) is 7.68. The number of aryl methyl sites for hydroxylation is 1. The van der Waals surface area contributed by atoms with Crippen LogP contribution in [0.3, 0.4) is 0 Å². The summed E-state index contributed by atoms with van der Waals surface area (Å²) in [6.07, 6.45) is 9.77. The van der Waals surface area contributed by atoms with Gasteiger partial charge in [0.05, 0.1) is 31.6 Å². The van der Waals surface area contributed by atoms with Crippen LogP contribution in [0.1, 0.15) is 55.1 Å². The maximum Gasteiger partial charge on any atom is 0.257 e. The van der Waals surface area contributed by atoms with Crippen LogP contribution in [0.5, 0.6) is 0 Å². The summed E-state index contributed by atoms with van der Waals surface area (Å²) >= 11 is 0. The van der Waals surface area contributed by atoms with Crippen LogP contribution in [0.15, 0.2) is 17.8 Å². The van der Waals surface area contributed by atoms with Crippen molar-refractivity contribution in [3.05, 3.63) is 29.1 Å². The number of carbonyl (C=O) groups is 1. The van der Waals surface area contributed by atoms with E-state index < -0.39 is 0 Å². The largest absolute Gasteiger partial charge is 0.380 e. The molecule has 0 spiro atoms. The third-order valence-corrected chi connectivity index (χ3v) is 6.24. The van der Waals surface area contributed by atoms with E-state index in [1.165, 1.54) is 5.57 Å². The number of ether oxygens (including phenoxy) is 2. The molecule has 3 aliphatic rings. The number of aromatic nitrogens is 2. The molecule has 142 valence electrons. The number of H-pyrrole nitrogens is 1. The van der Waals surface area contributed by atoms with Crippen molar-refractivity contribution in [2.45, 2.75) is 51.5 Å². The Kier molecular flexibility index (Phi) is 5.14. The molecule has 1 N–H and O–H groups in total. The van der Waals surface area contributed by atoms with E-state index in [0.717, 1.165) is 76.1 Å². The number of amides is 1. The molecule has 26 heavy (non-hydrogen) atoms. The fraction of sp³-hybridized carbons (Fsp3) is 0.700. The zero-order valence-corrected chi connectivity index (χ0v) is 15.6. The minimum absolute atomic E-state index is 0.0371. The fourth-order valence-corrected chi connectivity index (χ4v) is 5.02. The molecular formula is C20H29N3O3. The SMILES string of the molecule is CCCc1[nH]ncc1C(=O)N1CCC[C@@]2(C3=CCOCC3)COCC[C@H]12. The molecule has 2 fully saturated rings. The molecule has 4 heterocycles. The highest BCUT2D eigenvalue weighted by molar-refractivity contribution is 5.95. The number of rotatable bonds is 4. The van der Waals surface area contributed by atoms with E-state index in [4.69, 9.17) is 9.47 Å². The quantitative estimate of drug-likeness (QED) is 0.840. The van der Waals surface area contributed by atoms with Crippen molar-refractivity contribution in [2.24, 2.45) is 5.41 Å². The number of hydrogen-bond donors (Lipinski definition) is 1. The molecular weight excluding hydrogens is 330 g/mol. The summed E-state index contributed by atoms with van der Waals surface area (Å²) in [5.74, 6) is 0.130. The van der Waals surface area contributed by atoms with E-state index in [0.29, 0.717) is 6.61 Å². The second kappa shape index (κ2) is 7.53. The summed E-state index contributed by atoms with van der Waals surface area (Å²) in [6, 6.07) is 0.214. The van der Waals surface area contributed by atoms with Crippen molar-refractivity contribution in [2.75, 3.05) is 33.0 Å². The number of aromatic amines is 1. The van der Waals surface area contributed by atoms with Crippen LogP contribution in [0.25, 0.3) is 0 Å². The van der Waals surface area contributed by atoms with Crippen molar-refractivity contribution in [3.63, 3.8) is 0 Å². The van der Waals surface area contributed by atoms with Crippen LogP contribution in [0.4, 0.5) is 0 Å². The molecule has 3 aliphatic heterocycles. The average Bonchev–Trinajstić information content (AvgIpc) is 3.16. The van der Waals surface area contributed by atoms with Gasteiger partial charge in [-0.1, -0.05) is 25.0 Å². The molecule has 2 saturated heterocycles. The molecule has 0 radical (unpaired) electrons. The zero-order valence-electron chi connectivity index (χ0n) is 15.6. The van der Waals surface area contributed by atoms with Crippen LogP contribution in [0.2, 0.25) is 0 Å². The number of piperidine rings is 1. The Labute approximate surface area is 154 Å². The van der Waals surface area contributed by atoms with Gasteiger partial charge in [0.25, 0.3) is 5.91 Å². The van der Waals surface area contributed by atoms with Crippen molar-refractivity contribution in [1.29, 1.82) is 0 Å². The van der Waals surface area contributed by atoms with Gasteiger partial charge in [0.15, 0.2) is 0 Å². The third-order valence-electron chi connectivity index (χ3n) is 6.24. The average molecular weight is 359 g/mol. The van der Waals surface area contributed by atoms with Gasteiger partial charge in [-0.15, -0.1) is 0 Å². The smallest absolute Gasteiger partial charge is 0.257 e. The van der Waals surface area contributed by atoms with Gasteiger partial charge in [-0.2, -0.15) is 5.10 Å². The summed E-state index contributed by atoms with van der Waals surface area (Å²) in [7, 11) is 0. The summed E-state index contributed by atoms with van der Waals surface area (Å²) in [5, 5.41) is 7.16. The number of carbonyl (C=O) groups excluding carboxylic acids is 1. The first-order valence-corrected chi connectivity index (χ1v) is 9.94. The molecule has 6 heteroatoms. The highest BCUT2D eigenvalue weighted by Crippen LogP contribution is 2.48. The van der Waals surface area contributed by atoms with Gasteiger partial charge in [0, 0.05) is 30.3 Å². The molecule has 0 aromatic carbocycles. The van der Waals surface area contributed by atoms with Gasteiger partial charge in [-0.3, -0.25) is 9.89 Å². The van der Waals surface area contributed by atoms with Crippen LogP contribution < -0.4 is 0 Å². The molecule has 1 aromatic heterocycles. The minimum atomic E-state index is -0.0371. The number of nitrogens with one attached hydrogen (secondary N) is 1. The van der Waals surface area contributed by atoms with Gasteiger partial charge in [0.2, 0.25) is 0 Å². The molecule has 0 aliphatic carbocycles. The Morgan fingerprint density at radius 2 is 2.35 bits per heavy atom. The number of fused-ring (bicyclic) bond motifs is 1. The maximum atomic E-state index is 13.4. The first-order valence-electron chi connectivity index (χ1n) is 9.94. The summed E-state index contributed by atoms with van der Waals surface area (Å²) in [5.41, 5.74) is 3.11. The lowest BCUT2D eigenvalue weighted by Crippen LogP contribution is -2.59. The van der Waals surface area contributed by atoms with Gasteiger partial charge >= 0.3 is 0 Å². The fourth-order valence-electron chi connectivity index (χ4n) is 5.02. The predicted octanol–water partition coefficient (Wildman–Crippen LogP) is 2.72. The molecule has 2 atom stereocenters. The number of likely N-dealkylation sites (tertiary alicyclic amines) is 1. The van der Waals surface area contributed by atoms with E-state index in [1.807, 2.05) is 0 Å². The third kappa shape index (κ3) is 2.99. The van der Waals surface area contributed by atoms with Gasteiger partial charge in [0.1, 0.15) is 0 Å². The topological polar surface area (TPSA) is 67.5 Å². The lowest BCUT2D eigenvalue weighted by atomic mass is 9.65. The number of hydrogen-bond acceptors (Lipinski definition) is 4. The van der Waals surface area contributed by atoms with Gasteiger partial charge in [-0.05, 0) is 32.1 Å². The Balaban J connectivity index is 1.65. The molecule has 4 rings (SSSR count). The summed E-state index contributed by atoms with van der Waals surface area (Å²) in [4.78, 5) is 15.5. The van der Waals surface area contributed by atoms with Crippen molar-refractivity contribution in [3.8, 4) is 0 Å². The monoisotopic (exact) mass is 359 g/mol. The van der Waals surface area contributed by atoms with E-state index in [2.05, 4.69) is 28.1 Å². The highest BCUT2D eigenvalue weighted by atomic mass is 16.5. The predicted molar refractivity (Wildman–Crippen MR) is 98.0 cm³/mol. The van der Waals surface area contributed by atoms with Crippen LogP contribution in [0, 0.1) is 5.41 Å². The van der Waals surface area contributed by atoms with E-state index in [9.17, 15) is 4.79 Å². The van der Waals surface area contributed by atoms with Crippen molar-refractivity contribution in [1.82, 2.24) is 15.1 Å². The van der Waals surface area contributed by atoms with Gasteiger partial charge in [-0.25, -0.2) is 0 Å². The highest BCUT2D eigenvalue weighted by Gasteiger charge is 2.50. The normalized spacial score (nSPS) is 29.2. The summed E-state index contributed by atoms with van der Waals surface area (Å²) < 4.78 is 11.5. The van der Waals surface area contributed by atoms with E-state index in [1.54, 1.807) is 6.20 Å². The molecule has 1 amide bonds. The molecule has 0 unspecified atom stereocenters. The maximum absolute atomic E-state index is 13.4. The van der Waals surface area contributed by atoms with Crippen LogP contribution >= 0.6 is 0 Å². The lowest BCUT2D eigenvalue weighted by Gasteiger charge is -2.54. The molecule has 0 saturated carbocycles. The Hall–Kier alpha value is -1.66. The Bertz CT molecular complexity index is 680. The molecule has 1 aromatic rings. The van der Waals surface area contributed by atoms with Gasteiger partial charge < -0.3 is 14.4 Å². The Morgan fingerprint density at radius 1 is 1.42 bits per heavy atom. The molecule has 6 nitrogen and oxygen atoms in total. The number of nitrogens with zero attached hydrogens (tertiary/aromatic N) is 2. The molecule has 0 bridgehead atoms. The zero-order chi connectivity index (χ0) is 18.0. The van der Waals surface area contributed by atoms with Crippen molar-refractivity contribution < 1.29 is 14.3 Å². The van der Waals surface area contributed by atoms with Crippen LogP contribution in [-0.2, 0) is 15.9 Å².